The van der Waals surface area contributed by atoms with Crippen LogP contribution in [0.15, 0.2) is 18.2 Å². The number of nitrogens with zero attached hydrogens (tertiary/aromatic N) is 2. The number of pyridine rings is 2. The van der Waals surface area contributed by atoms with Crippen LogP contribution in [-0.2, 0) is 11.2 Å². The lowest BCUT2D eigenvalue weighted by Crippen LogP contribution is -2.11. The molecule has 2 aromatic rings. The molecule has 0 aliphatic heterocycles. The third kappa shape index (κ3) is 2.81. The van der Waals surface area contributed by atoms with E-state index < -0.39 is 5.97 Å². The molecular formula is C14H17N3O2. The summed E-state index contributed by atoms with van der Waals surface area (Å²) < 4.78 is 4.93. The average molecular weight is 259 g/mol. The van der Waals surface area contributed by atoms with Gasteiger partial charge in [0.15, 0.2) is 11.3 Å². The first-order valence-electron chi connectivity index (χ1n) is 6.39. The second-order valence-corrected chi connectivity index (χ2v) is 4.25. The van der Waals surface area contributed by atoms with Gasteiger partial charge in [-0.05, 0) is 31.5 Å². The van der Waals surface area contributed by atoms with E-state index in [9.17, 15) is 4.79 Å². The van der Waals surface area contributed by atoms with Crippen molar-refractivity contribution in [2.45, 2.75) is 26.7 Å². The SMILES string of the molecule is CCCc1ccc2cc(N)c(C(=O)OCC)nc2n1. The van der Waals surface area contributed by atoms with E-state index in [0.717, 1.165) is 23.9 Å². The summed E-state index contributed by atoms with van der Waals surface area (Å²) in [4.78, 5) is 20.4. The summed E-state index contributed by atoms with van der Waals surface area (Å²) >= 11 is 0. The first-order chi connectivity index (χ1) is 9.15. The van der Waals surface area contributed by atoms with Crippen molar-refractivity contribution in [1.82, 2.24) is 9.97 Å². The Morgan fingerprint density at radius 3 is 2.79 bits per heavy atom. The predicted octanol–water partition coefficient (Wildman–Crippen LogP) is 2.34. The van der Waals surface area contributed by atoms with Crippen LogP contribution in [-0.4, -0.2) is 22.5 Å². The molecule has 2 N–H and O–H groups in total. The van der Waals surface area contributed by atoms with Crippen LogP contribution in [0.2, 0.25) is 0 Å². The highest BCUT2D eigenvalue weighted by atomic mass is 16.5. The van der Waals surface area contributed by atoms with E-state index in [1.807, 2.05) is 12.1 Å². The van der Waals surface area contributed by atoms with Gasteiger partial charge in [-0.25, -0.2) is 14.8 Å². The maximum Gasteiger partial charge on any atom is 0.359 e. The standard InChI is InChI=1S/C14H17N3O2/c1-3-5-10-7-6-9-8-11(15)12(14(18)19-4-2)17-13(9)16-10/h6-8H,3-5,15H2,1-2H3. The fourth-order valence-electron chi connectivity index (χ4n) is 1.87. The van der Waals surface area contributed by atoms with Gasteiger partial charge in [-0.1, -0.05) is 13.3 Å². The number of nitrogen functional groups attached to an aromatic ring is 1. The number of rotatable bonds is 4. The lowest BCUT2D eigenvalue weighted by molar-refractivity contribution is 0.0521. The van der Waals surface area contributed by atoms with Crippen molar-refractivity contribution < 1.29 is 9.53 Å². The maximum absolute atomic E-state index is 11.7. The molecule has 2 rings (SSSR count). The van der Waals surface area contributed by atoms with E-state index in [2.05, 4.69) is 16.9 Å². The molecule has 5 heteroatoms. The minimum absolute atomic E-state index is 0.135. The van der Waals surface area contributed by atoms with Crippen LogP contribution in [0, 0.1) is 0 Å². The molecule has 0 atom stereocenters. The Morgan fingerprint density at radius 1 is 1.32 bits per heavy atom. The van der Waals surface area contributed by atoms with Crippen LogP contribution in [0.5, 0.6) is 0 Å². The van der Waals surface area contributed by atoms with Crippen LogP contribution in [0.3, 0.4) is 0 Å². The molecule has 2 heterocycles. The largest absolute Gasteiger partial charge is 0.461 e. The zero-order valence-corrected chi connectivity index (χ0v) is 11.1. The molecule has 0 aromatic carbocycles. The Morgan fingerprint density at radius 2 is 2.11 bits per heavy atom. The van der Waals surface area contributed by atoms with Gasteiger partial charge in [-0.2, -0.15) is 0 Å². The minimum atomic E-state index is -0.510. The molecule has 0 radical (unpaired) electrons. The Labute approximate surface area is 111 Å². The summed E-state index contributed by atoms with van der Waals surface area (Å²) in [5, 5.41) is 0.824. The van der Waals surface area contributed by atoms with Gasteiger partial charge < -0.3 is 10.5 Å². The molecule has 0 aliphatic carbocycles. The molecule has 19 heavy (non-hydrogen) atoms. The summed E-state index contributed by atoms with van der Waals surface area (Å²) in [6.45, 7) is 4.13. The summed E-state index contributed by atoms with van der Waals surface area (Å²) in [5.41, 5.74) is 7.76. The van der Waals surface area contributed by atoms with Gasteiger partial charge in [0.1, 0.15) is 0 Å². The predicted molar refractivity (Wildman–Crippen MR) is 73.9 cm³/mol. The summed E-state index contributed by atoms with van der Waals surface area (Å²) in [6.07, 6.45) is 1.90. The molecule has 0 amide bonds. The third-order valence-electron chi connectivity index (χ3n) is 2.74. The highest BCUT2D eigenvalue weighted by molar-refractivity contribution is 5.96. The summed E-state index contributed by atoms with van der Waals surface area (Å²) in [7, 11) is 0. The van der Waals surface area contributed by atoms with E-state index in [0.29, 0.717) is 17.9 Å². The Balaban J connectivity index is 2.48. The highest BCUT2D eigenvalue weighted by Crippen LogP contribution is 2.19. The van der Waals surface area contributed by atoms with Crippen molar-refractivity contribution >= 4 is 22.7 Å². The second kappa shape index (κ2) is 5.65. The number of hydrogen-bond acceptors (Lipinski definition) is 5. The van der Waals surface area contributed by atoms with Gasteiger partial charge in [0.05, 0.1) is 12.3 Å². The molecule has 0 fully saturated rings. The maximum atomic E-state index is 11.7. The van der Waals surface area contributed by atoms with E-state index in [1.165, 1.54) is 0 Å². The van der Waals surface area contributed by atoms with Gasteiger partial charge in [0, 0.05) is 11.1 Å². The van der Waals surface area contributed by atoms with E-state index in [4.69, 9.17) is 10.5 Å². The number of carbonyl (C=O) groups excluding carboxylic acids is 1. The van der Waals surface area contributed by atoms with Gasteiger partial charge in [0.2, 0.25) is 0 Å². The highest BCUT2D eigenvalue weighted by Gasteiger charge is 2.14. The lowest BCUT2D eigenvalue weighted by Gasteiger charge is -2.07. The molecule has 0 saturated heterocycles. The van der Waals surface area contributed by atoms with Gasteiger partial charge in [-0.3, -0.25) is 0 Å². The average Bonchev–Trinajstić information content (AvgIpc) is 2.39. The number of ether oxygens (including phenoxy) is 1. The third-order valence-corrected chi connectivity index (χ3v) is 2.74. The molecular weight excluding hydrogens is 242 g/mol. The molecule has 0 unspecified atom stereocenters. The molecule has 0 saturated carbocycles. The fourth-order valence-corrected chi connectivity index (χ4v) is 1.87. The molecule has 5 nitrogen and oxygen atoms in total. The lowest BCUT2D eigenvalue weighted by atomic mass is 10.2. The van der Waals surface area contributed by atoms with Crippen molar-refractivity contribution in [2.75, 3.05) is 12.3 Å². The minimum Gasteiger partial charge on any atom is -0.461 e. The summed E-state index contributed by atoms with van der Waals surface area (Å²) in [5.74, 6) is -0.510. The molecule has 0 spiro atoms. The smallest absolute Gasteiger partial charge is 0.359 e. The van der Waals surface area contributed by atoms with Gasteiger partial charge in [0.25, 0.3) is 0 Å². The monoisotopic (exact) mass is 259 g/mol. The number of anilines is 1. The number of hydrogen-bond donors (Lipinski definition) is 1. The van der Waals surface area contributed by atoms with E-state index >= 15 is 0 Å². The number of aryl methyl sites for hydroxylation is 1. The first kappa shape index (κ1) is 13.3. The number of fused-ring (bicyclic) bond motifs is 1. The molecule has 0 aliphatic rings. The molecule has 0 bridgehead atoms. The number of nitrogens with two attached hydrogens (primary N) is 1. The molecule has 100 valence electrons. The molecule has 2 aromatic heterocycles. The van der Waals surface area contributed by atoms with Gasteiger partial charge in [-0.15, -0.1) is 0 Å². The van der Waals surface area contributed by atoms with Crippen LogP contribution in [0.4, 0.5) is 5.69 Å². The number of carbonyl (C=O) groups is 1. The zero-order chi connectivity index (χ0) is 13.8. The Kier molecular flexibility index (Phi) is 3.94. The second-order valence-electron chi connectivity index (χ2n) is 4.25. The fraction of sp³-hybridized carbons (Fsp3) is 0.357. The van der Waals surface area contributed by atoms with Crippen molar-refractivity contribution in [3.8, 4) is 0 Å². The van der Waals surface area contributed by atoms with Crippen molar-refractivity contribution in [3.05, 3.63) is 29.6 Å². The summed E-state index contributed by atoms with van der Waals surface area (Å²) in [6, 6.07) is 5.58. The van der Waals surface area contributed by atoms with Crippen LogP contribution in [0.1, 0.15) is 36.5 Å². The number of aromatic nitrogens is 2. The van der Waals surface area contributed by atoms with Crippen molar-refractivity contribution in [3.63, 3.8) is 0 Å². The Hall–Kier alpha value is -2.17. The Bertz CT molecular complexity index is 611. The normalized spacial score (nSPS) is 10.6. The quantitative estimate of drug-likeness (QED) is 0.853. The van der Waals surface area contributed by atoms with E-state index in [1.54, 1.807) is 13.0 Å². The van der Waals surface area contributed by atoms with Crippen molar-refractivity contribution in [2.24, 2.45) is 0 Å². The van der Waals surface area contributed by atoms with Crippen LogP contribution >= 0.6 is 0 Å². The first-order valence-corrected chi connectivity index (χ1v) is 6.39. The van der Waals surface area contributed by atoms with Crippen LogP contribution < -0.4 is 5.73 Å². The topological polar surface area (TPSA) is 78.1 Å². The van der Waals surface area contributed by atoms with Crippen molar-refractivity contribution in [1.29, 1.82) is 0 Å². The van der Waals surface area contributed by atoms with Gasteiger partial charge >= 0.3 is 5.97 Å². The van der Waals surface area contributed by atoms with Crippen LogP contribution in [0.25, 0.3) is 11.0 Å². The van der Waals surface area contributed by atoms with E-state index in [-0.39, 0.29) is 5.69 Å². The zero-order valence-electron chi connectivity index (χ0n) is 11.1. The number of esters is 1.